The van der Waals surface area contributed by atoms with Gasteiger partial charge in [0.1, 0.15) is 0 Å². The fourth-order valence-electron chi connectivity index (χ4n) is 1.38. The number of likely N-dealkylation sites (N-methyl/N-ethyl adjacent to an activating group) is 1. The largest absolute Gasteiger partial charge is 0.409 e. The van der Waals surface area contributed by atoms with Gasteiger partial charge in [-0.25, -0.2) is 0 Å². The summed E-state index contributed by atoms with van der Waals surface area (Å²) >= 11 is 0. The highest BCUT2D eigenvalue weighted by Crippen LogP contribution is 2.06. The minimum atomic E-state index is -0.358. The van der Waals surface area contributed by atoms with Crippen LogP contribution in [0.4, 0.5) is 0 Å². The molecule has 1 unspecified atom stereocenters. The van der Waals surface area contributed by atoms with Crippen LogP contribution in [-0.2, 0) is 4.79 Å². The number of amides is 1. The van der Waals surface area contributed by atoms with Crippen molar-refractivity contribution in [3.05, 3.63) is 0 Å². The molecule has 3 N–H and O–H groups in total. The Kier molecular flexibility index (Phi) is 7.33. The zero-order valence-electron chi connectivity index (χ0n) is 10.4. The Balaban J connectivity index is 3.98. The molecule has 0 fully saturated rings. The molecule has 1 amide bonds. The molecule has 0 bridgehead atoms. The van der Waals surface area contributed by atoms with E-state index < -0.39 is 0 Å². The van der Waals surface area contributed by atoms with E-state index in [1.54, 1.807) is 14.0 Å². The molecule has 5 nitrogen and oxygen atoms in total. The van der Waals surface area contributed by atoms with Crippen LogP contribution in [0, 0.1) is 0 Å². The van der Waals surface area contributed by atoms with E-state index in [2.05, 4.69) is 12.1 Å². The van der Waals surface area contributed by atoms with Crippen LogP contribution in [0.15, 0.2) is 5.16 Å². The van der Waals surface area contributed by atoms with Crippen molar-refractivity contribution in [1.29, 1.82) is 0 Å². The van der Waals surface area contributed by atoms with Gasteiger partial charge < -0.3 is 15.8 Å². The summed E-state index contributed by atoms with van der Waals surface area (Å²) in [5.74, 6) is 0.0969. The van der Waals surface area contributed by atoms with E-state index in [9.17, 15) is 4.79 Å². The lowest BCUT2D eigenvalue weighted by Gasteiger charge is -2.23. The first-order valence-corrected chi connectivity index (χ1v) is 5.77. The zero-order chi connectivity index (χ0) is 12.6. The van der Waals surface area contributed by atoms with E-state index in [0.717, 1.165) is 25.7 Å². The maximum Gasteiger partial charge on any atom is 0.222 e. The number of rotatable bonds is 7. The molecular weight excluding hydrogens is 206 g/mol. The van der Waals surface area contributed by atoms with E-state index in [-0.39, 0.29) is 17.8 Å². The topological polar surface area (TPSA) is 78.9 Å². The number of oxime groups is 1. The lowest BCUT2D eigenvalue weighted by Crippen LogP contribution is -2.43. The molecular formula is C11H23N3O2. The summed E-state index contributed by atoms with van der Waals surface area (Å²) in [6.07, 6.45) is 4.82. The molecule has 0 rings (SSSR count). The summed E-state index contributed by atoms with van der Waals surface area (Å²) < 4.78 is 0. The molecule has 0 spiro atoms. The molecule has 0 aliphatic rings. The molecule has 1 atom stereocenters. The minimum Gasteiger partial charge on any atom is -0.409 e. The third-order valence-corrected chi connectivity index (χ3v) is 2.76. The van der Waals surface area contributed by atoms with Gasteiger partial charge in [-0.1, -0.05) is 31.3 Å². The number of carbonyl (C=O) groups excluding carboxylic acids is 1. The van der Waals surface area contributed by atoms with E-state index in [4.69, 9.17) is 10.9 Å². The number of hydrogen-bond acceptors (Lipinski definition) is 3. The molecule has 0 radical (unpaired) electrons. The fourth-order valence-corrected chi connectivity index (χ4v) is 1.38. The lowest BCUT2D eigenvalue weighted by molar-refractivity contribution is -0.130. The van der Waals surface area contributed by atoms with Crippen LogP contribution in [0.3, 0.4) is 0 Å². The Hall–Kier alpha value is -1.26. The smallest absolute Gasteiger partial charge is 0.222 e. The van der Waals surface area contributed by atoms with Crippen molar-refractivity contribution in [3.8, 4) is 0 Å². The normalized spacial score (nSPS) is 13.6. The standard InChI is InChI=1S/C11H23N3O2/c1-4-5-6-7-8-10(15)14(3)9(2)11(12)13-16/h9,16H,4-8H2,1-3H3,(H2,12,13). The van der Waals surface area contributed by atoms with Crippen molar-refractivity contribution in [1.82, 2.24) is 4.90 Å². The van der Waals surface area contributed by atoms with Crippen molar-refractivity contribution >= 4 is 11.7 Å². The van der Waals surface area contributed by atoms with Crippen molar-refractivity contribution < 1.29 is 10.0 Å². The van der Waals surface area contributed by atoms with Gasteiger partial charge in [0.05, 0.1) is 6.04 Å². The molecule has 0 saturated heterocycles. The second-order valence-electron chi connectivity index (χ2n) is 4.02. The average Bonchev–Trinajstić information content (AvgIpc) is 2.31. The van der Waals surface area contributed by atoms with E-state index in [0.29, 0.717) is 6.42 Å². The number of unbranched alkanes of at least 4 members (excludes halogenated alkanes) is 3. The fraction of sp³-hybridized carbons (Fsp3) is 0.818. The van der Waals surface area contributed by atoms with Gasteiger partial charge >= 0.3 is 0 Å². The SMILES string of the molecule is CCCCCCC(=O)N(C)C(C)C(N)=NO. The molecule has 0 aromatic rings. The van der Waals surface area contributed by atoms with Crippen LogP contribution in [0.5, 0.6) is 0 Å². The van der Waals surface area contributed by atoms with Crippen molar-refractivity contribution in [2.24, 2.45) is 10.9 Å². The first kappa shape index (κ1) is 14.7. The van der Waals surface area contributed by atoms with Crippen LogP contribution in [0.2, 0.25) is 0 Å². The molecule has 0 heterocycles. The maximum atomic E-state index is 11.7. The van der Waals surface area contributed by atoms with Gasteiger partial charge in [-0.15, -0.1) is 0 Å². The number of nitrogens with two attached hydrogens (primary N) is 1. The van der Waals surface area contributed by atoms with Crippen LogP contribution < -0.4 is 5.73 Å². The maximum absolute atomic E-state index is 11.7. The van der Waals surface area contributed by atoms with Crippen LogP contribution in [0.25, 0.3) is 0 Å². The lowest BCUT2D eigenvalue weighted by atomic mass is 10.1. The predicted octanol–water partition coefficient (Wildman–Crippen LogP) is 1.55. The Labute approximate surface area is 97.3 Å². The second-order valence-corrected chi connectivity index (χ2v) is 4.02. The van der Waals surface area contributed by atoms with Gasteiger partial charge in [0.25, 0.3) is 0 Å². The third-order valence-electron chi connectivity index (χ3n) is 2.76. The van der Waals surface area contributed by atoms with Gasteiger partial charge in [0.15, 0.2) is 5.84 Å². The van der Waals surface area contributed by atoms with Gasteiger partial charge in [0, 0.05) is 13.5 Å². The number of hydrogen-bond donors (Lipinski definition) is 2. The number of nitrogens with zero attached hydrogens (tertiary/aromatic N) is 2. The first-order valence-electron chi connectivity index (χ1n) is 5.77. The summed E-state index contributed by atoms with van der Waals surface area (Å²) in [5, 5.41) is 11.4. The first-order chi connectivity index (χ1) is 7.54. The molecule has 0 aliphatic carbocycles. The zero-order valence-corrected chi connectivity index (χ0v) is 10.4. The Bertz CT molecular complexity index is 241. The van der Waals surface area contributed by atoms with Crippen LogP contribution in [0.1, 0.15) is 46.0 Å². The van der Waals surface area contributed by atoms with Gasteiger partial charge in [-0.3, -0.25) is 4.79 Å². The summed E-state index contributed by atoms with van der Waals surface area (Å²) in [6.45, 7) is 3.87. The predicted molar refractivity (Wildman–Crippen MR) is 64.4 cm³/mol. The van der Waals surface area contributed by atoms with E-state index in [1.165, 1.54) is 4.90 Å². The molecule has 0 aromatic carbocycles. The molecule has 0 aromatic heterocycles. The van der Waals surface area contributed by atoms with Gasteiger partial charge in [-0.05, 0) is 13.3 Å². The Morgan fingerprint density at radius 3 is 2.56 bits per heavy atom. The van der Waals surface area contributed by atoms with Crippen LogP contribution >= 0.6 is 0 Å². The molecule has 0 aliphatic heterocycles. The highest BCUT2D eigenvalue weighted by Gasteiger charge is 2.18. The Morgan fingerprint density at radius 2 is 2.06 bits per heavy atom. The molecule has 0 saturated carbocycles. The summed E-state index contributed by atoms with van der Waals surface area (Å²) in [6, 6.07) is -0.358. The summed E-state index contributed by atoms with van der Waals surface area (Å²) in [5.41, 5.74) is 5.44. The second kappa shape index (κ2) is 7.96. The van der Waals surface area contributed by atoms with Gasteiger partial charge in [0.2, 0.25) is 5.91 Å². The molecule has 16 heavy (non-hydrogen) atoms. The quantitative estimate of drug-likeness (QED) is 0.228. The average molecular weight is 229 g/mol. The van der Waals surface area contributed by atoms with Crippen molar-refractivity contribution in [2.45, 2.75) is 52.0 Å². The highest BCUT2D eigenvalue weighted by molar-refractivity contribution is 5.89. The third kappa shape index (κ3) is 5.00. The van der Waals surface area contributed by atoms with Crippen molar-refractivity contribution in [2.75, 3.05) is 7.05 Å². The Morgan fingerprint density at radius 1 is 1.44 bits per heavy atom. The van der Waals surface area contributed by atoms with Crippen LogP contribution in [-0.4, -0.2) is 34.9 Å². The summed E-state index contributed by atoms with van der Waals surface area (Å²) in [4.78, 5) is 13.2. The van der Waals surface area contributed by atoms with E-state index >= 15 is 0 Å². The van der Waals surface area contributed by atoms with E-state index in [1.807, 2.05) is 0 Å². The van der Waals surface area contributed by atoms with Crippen molar-refractivity contribution in [3.63, 3.8) is 0 Å². The highest BCUT2D eigenvalue weighted by atomic mass is 16.4. The monoisotopic (exact) mass is 229 g/mol. The molecule has 5 heteroatoms. The molecule has 94 valence electrons. The number of carbonyl (C=O) groups is 1. The van der Waals surface area contributed by atoms with Gasteiger partial charge in [-0.2, -0.15) is 0 Å². The number of amidine groups is 1. The summed E-state index contributed by atoms with van der Waals surface area (Å²) in [7, 11) is 1.67. The minimum absolute atomic E-state index is 0.0372.